The Balaban J connectivity index is 1.71. The summed E-state index contributed by atoms with van der Waals surface area (Å²) in [6, 6.07) is 14.7. The maximum atomic E-state index is 14.4. The minimum absolute atomic E-state index is 0.170. The number of hydrogen-bond donors (Lipinski definition) is 0. The zero-order chi connectivity index (χ0) is 19.1. The summed E-state index contributed by atoms with van der Waals surface area (Å²) >= 11 is 6.14. The minimum Gasteiger partial charge on any atom is -0.285 e. The van der Waals surface area contributed by atoms with E-state index in [2.05, 4.69) is 16.0 Å². The third kappa shape index (κ3) is 2.94. The molecule has 5 heteroatoms. The van der Waals surface area contributed by atoms with Crippen LogP contribution in [0.2, 0.25) is 5.02 Å². The van der Waals surface area contributed by atoms with Gasteiger partial charge in [0.05, 0.1) is 22.0 Å². The quantitative estimate of drug-likeness (QED) is 0.745. The molecule has 2 saturated heterocycles. The van der Waals surface area contributed by atoms with Crippen LogP contribution in [0.4, 0.5) is 4.39 Å². The highest BCUT2D eigenvalue weighted by Gasteiger charge is 2.55. The van der Waals surface area contributed by atoms with Crippen LogP contribution in [0.15, 0.2) is 48.8 Å². The number of benzene rings is 1. The molecule has 2 bridgehead atoms. The minimum atomic E-state index is -0.665. The van der Waals surface area contributed by atoms with Gasteiger partial charge >= 0.3 is 0 Å². The number of fused-ring (bicyclic) bond motifs is 2. The third-order valence-electron chi connectivity index (χ3n) is 6.49. The number of nitriles is 1. The molecule has 4 rings (SSSR count). The summed E-state index contributed by atoms with van der Waals surface area (Å²) in [5.74, 6) is 0. The maximum Gasteiger partial charge on any atom is 0.112 e. The van der Waals surface area contributed by atoms with E-state index in [9.17, 15) is 9.65 Å². The molecule has 3 heterocycles. The molecule has 2 aliphatic heterocycles. The molecule has 0 amide bonds. The molecule has 0 N–H and O–H groups in total. The van der Waals surface area contributed by atoms with Gasteiger partial charge in [-0.2, -0.15) is 5.26 Å². The lowest BCUT2D eigenvalue weighted by molar-refractivity contribution is -0.0144. The molecule has 1 aromatic heterocycles. The Bertz CT molecular complexity index is 851. The van der Waals surface area contributed by atoms with E-state index in [0.29, 0.717) is 17.9 Å². The molecule has 0 radical (unpaired) electrons. The lowest BCUT2D eigenvalue weighted by atomic mass is 9.70. The lowest BCUT2D eigenvalue weighted by Gasteiger charge is -2.51. The first-order chi connectivity index (χ1) is 13.0. The number of halogens is 2. The summed E-state index contributed by atoms with van der Waals surface area (Å²) in [6.45, 7) is 1.55. The van der Waals surface area contributed by atoms with E-state index < -0.39 is 17.6 Å². The van der Waals surface area contributed by atoms with E-state index in [4.69, 9.17) is 11.6 Å². The highest BCUT2D eigenvalue weighted by atomic mass is 35.5. The van der Waals surface area contributed by atoms with E-state index in [1.165, 1.54) is 0 Å². The second kappa shape index (κ2) is 6.89. The van der Waals surface area contributed by atoms with Crippen LogP contribution in [0.5, 0.6) is 0 Å². The average molecular weight is 384 g/mol. The van der Waals surface area contributed by atoms with Crippen LogP contribution in [-0.4, -0.2) is 28.6 Å². The van der Waals surface area contributed by atoms with Crippen molar-refractivity contribution in [3.05, 3.63) is 64.9 Å². The number of alkyl halides is 1. The number of pyridine rings is 1. The third-order valence-corrected chi connectivity index (χ3v) is 6.69. The van der Waals surface area contributed by atoms with Crippen LogP contribution >= 0.6 is 11.6 Å². The van der Waals surface area contributed by atoms with Gasteiger partial charge in [0.15, 0.2) is 0 Å². The summed E-state index contributed by atoms with van der Waals surface area (Å²) in [5, 5.41) is 10.6. The first kappa shape index (κ1) is 18.4. The average Bonchev–Trinajstić information content (AvgIpc) is 2.99. The number of piperidine rings is 1. The van der Waals surface area contributed by atoms with Crippen LogP contribution in [0.3, 0.4) is 0 Å². The largest absolute Gasteiger partial charge is 0.285 e. The van der Waals surface area contributed by atoms with Gasteiger partial charge in [0.2, 0.25) is 0 Å². The van der Waals surface area contributed by atoms with Crippen molar-refractivity contribution in [3.8, 4) is 6.07 Å². The highest BCUT2D eigenvalue weighted by molar-refractivity contribution is 6.30. The van der Waals surface area contributed by atoms with E-state index in [1.807, 2.05) is 43.3 Å². The molecule has 2 aliphatic rings. The second-order valence-corrected chi connectivity index (χ2v) is 8.50. The molecule has 0 spiro atoms. The summed E-state index contributed by atoms with van der Waals surface area (Å²) in [5.41, 5.74) is 0.615. The van der Waals surface area contributed by atoms with Crippen molar-refractivity contribution in [2.75, 3.05) is 6.67 Å². The second-order valence-electron chi connectivity index (χ2n) is 8.06. The Morgan fingerprint density at radius 1 is 1.26 bits per heavy atom. The molecule has 3 atom stereocenters. The summed E-state index contributed by atoms with van der Waals surface area (Å²) in [6.07, 6.45) is 6.70. The van der Waals surface area contributed by atoms with Crippen molar-refractivity contribution in [3.63, 3.8) is 0 Å². The zero-order valence-electron chi connectivity index (χ0n) is 15.4. The summed E-state index contributed by atoms with van der Waals surface area (Å²) in [4.78, 5) is 6.54. The van der Waals surface area contributed by atoms with E-state index in [-0.39, 0.29) is 12.1 Å². The first-order valence-electron chi connectivity index (χ1n) is 9.45. The molecule has 3 nitrogen and oxygen atoms in total. The topological polar surface area (TPSA) is 39.9 Å². The molecule has 1 aromatic carbocycles. The Labute approximate surface area is 164 Å². The van der Waals surface area contributed by atoms with Crippen molar-refractivity contribution in [2.45, 2.75) is 55.6 Å². The number of rotatable bonds is 4. The van der Waals surface area contributed by atoms with Gasteiger partial charge in [-0.1, -0.05) is 41.9 Å². The van der Waals surface area contributed by atoms with Gasteiger partial charge in [0, 0.05) is 24.5 Å². The van der Waals surface area contributed by atoms with Crippen molar-refractivity contribution in [1.82, 2.24) is 9.88 Å². The predicted octanol–water partition coefficient (Wildman–Crippen LogP) is 5.01. The molecule has 0 saturated carbocycles. The molecule has 27 heavy (non-hydrogen) atoms. The fourth-order valence-electron chi connectivity index (χ4n) is 5.21. The molecule has 0 aliphatic carbocycles. The Hall–Kier alpha value is -1.96. The molecular weight excluding hydrogens is 361 g/mol. The maximum absolute atomic E-state index is 14.4. The molecule has 2 aromatic rings. The standard InChI is InChI=1S/C22H23ClFN3/c1-21(14-24,16-5-3-2-4-6-16)27-19-7-8-20(27)11-22(10-19,15-25)17-9-18(23)13-26-12-17/h2-6,9,12-13,19-20H,7-8,10-11,14H2,1H3. The SMILES string of the molecule is CC(CF)(c1ccccc1)N1C2CCC1CC(C#N)(c1cncc(Cl)c1)C2. The van der Waals surface area contributed by atoms with E-state index in [0.717, 1.165) is 24.0 Å². The van der Waals surface area contributed by atoms with Gasteiger partial charge in [-0.15, -0.1) is 0 Å². The fraction of sp³-hybridized carbons (Fsp3) is 0.455. The lowest BCUT2D eigenvalue weighted by Crippen LogP contribution is -2.58. The van der Waals surface area contributed by atoms with Gasteiger partial charge in [-0.3, -0.25) is 9.88 Å². The van der Waals surface area contributed by atoms with Crippen LogP contribution in [0.25, 0.3) is 0 Å². The normalized spacial score (nSPS) is 29.9. The zero-order valence-corrected chi connectivity index (χ0v) is 16.2. The van der Waals surface area contributed by atoms with Crippen molar-refractivity contribution >= 4 is 11.6 Å². The van der Waals surface area contributed by atoms with Crippen molar-refractivity contribution in [1.29, 1.82) is 5.26 Å². The predicted molar refractivity (Wildman–Crippen MR) is 104 cm³/mol. The van der Waals surface area contributed by atoms with Gasteiger partial charge in [0.25, 0.3) is 0 Å². The molecule has 3 unspecified atom stereocenters. The van der Waals surface area contributed by atoms with Gasteiger partial charge < -0.3 is 0 Å². The molecule has 2 fully saturated rings. The summed E-state index contributed by atoms with van der Waals surface area (Å²) < 4.78 is 14.4. The van der Waals surface area contributed by atoms with Crippen molar-refractivity contribution < 1.29 is 4.39 Å². The van der Waals surface area contributed by atoms with Crippen LogP contribution in [0.1, 0.15) is 43.7 Å². The first-order valence-corrected chi connectivity index (χ1v) is 9.82. The highest BCUT2D eigenvalue weighted by Crippen LogP contribution is 2.51. The van der Waals surface area contributed by atoms with Gasteiger partial charge in [-0.05, 0) is 49.8 Å². The van der Waals surface area contributed by atoms with Gasteiger partial charge in [0.1, 0.15) is 6.67 Å². The van der Waals surface area contributed by atoms with Crippen LogP contribution in [0, 0.1) is 11.3 Å². The number of nitrogens with zero attached hydrogens (tertiary/aromatic N) is 3. The Morgan fingerprint density at radius 3 is 2.48 bits per heavy atom. The Morgan fingerprint density at radius 2 is 1.93 bits per heavy atom. The molecular formula is C22H23ClFN3. The number of aromatic nitrogens is 1. The van der Waals surface area contributed by atoms with E-state index >= 15 is 0 Å². The fourth-order valence-corrected chi connectivity index (χ4v) is 5.39. The summed E-state index contributed by atoms with van der Waals surface area (Å²) in [7, 11) is 0. The van der Waals surface area contributed by atoms with Crippen LogP contribution < -0.4 is 0 Å². The van der Waals surface area contributed by atoms with E-state index in [1.54, 1.807) is 12.4 Å². The monoisotopic (exact) mass is 383 g/mol. The Kier molecular flexibility index (Phi) is 4.70. The van der Waals surface area contributed by atoms with Crippen LogP contribution in [-0.2, 0) is 11.0 Å². The number of hydrogen-bond acceptors (Lipinski definition) is 3. The van der Waals surface area contributed by atoms with Crippen molar-refractivity contribution in [2.24, 2.45) is 0 Å². The smallest absolute Gasteiger partial charge is 0.112 e. The molecule has 140 valence electrons. The van der Waals surface area contributed by atoms with Gasteiger partial charge in [-0.25, -0.2) is 4.39 Å².